The van der Waals surface area contributed by atoms with Crippen LogP contribution < -0.4 is 0 Å². The highest BCUT2D eigenvalue weighted by Gasteiger charge is 2.20. The highest BCUT2D eigenvalue weighted by atomic mass is 32.1. The van der Waals surface area contributed by atoms with Gasteiger partial charge in [0.05, 0.1) is 9.75 Å². The first-order valence-electron chi connectivity index (χ1n) is 7.20. The number of nitrogens with one attached hydrogen (secondary N) is 1. The number of rotatable bonds is 5. The number of aromatic amines is 1. The van der Waals surface area contributed by atoms with Crippen LogP contribution in [-0.4, -0.2) is 45.0 Å². The molecule has 0 aliphatic heterocycles. The van der Waals surface area contributed by atoms with E-state index in [9.17, 15) is 4.79 Å². The number of carbonyl (C=O) groups excluding carboxylic acids is 1. The third-order valence-corrected chi connectivity index (χ3v) is 4.58. The zero-order chi connectivity index (χ0) is 16.4. The topological polar surface area (TPSA) is 87.9 Å². The molecule has 0 aliphatic rings. The maximum Gasteiger partial charge on any atom is 0.263 e. The van der Waals surface area contributed by atoms with Gasteiger partial charge in [-0.2, -0.15) is 5.21 Å². The first-order valence-corrected chi connectivity index (χ1v) is 8.01. The van der Waals surface area contributed by atoms with E-state index in [-0.39, 0.29) is 11.8 Å². The number of hydrogen-bond acceptors (Lipinski definition) is 6. The van der Waals surface area contributed by atoms with Gasteiger partial charge in [0.2, 0.25) is 0 Å². The number of aromatic nitrogens is 4. The Morgan fingerprint density at radius 1 is 1.39 bits per heavy atom. The van der Waals surface area contributed by atoms with Gasteiger partial charge in [-0.3, -0.25) is 4.79 Å². The molecule has 1 unspecified atom stereocenters. The van der Waals surface area contributed by atoms with Gasteiger partial charge in [-0.05, 0) is 31.2 Å². The molecular weight excluding hydrogens is 314 g/mol. The summed E-state index contributed by atoms with van der Waals surface area (Å²) in [6, 6.07) is 7.56. The van der Waals surface area contributed by atoms with Gasteiger partial charge in [-0.15, -0.1) is 21.5 Å². The minimum absolute atomic E-state index is 0.00913. The van der Waals surface area contributed by atoms with Gasteiger partial charge in [0, 0.05) is 19.5 Å². The summed E-state index contributed by atoms with van der Waals surface area (Å²) in [6.45, 7) is 4.38. The summed E-state index contributed by atoms with van der Waals surface area (Å²) in [5.74, 6) is 2.22. The Balaban J connectivity index is 1.69. The second kappa shape index (κ2) is 6.33. The first kappa shape index (κ1) is 15.4. The average molecular weight is 331 g/mol. The van der Waals surface area contributed by atoms with Crippen LogP contribution in [0.2, 0.25) is 0 Å². The normalized spacial score (nSPS) is 12.3. The third-order valence-electron chi connectivity index (χ3n) is 3.50. The van der Waals surface area contributed by atoms with Crippen molar-refractivity contribution in [3.63, 3.8) is 0 Å². The van der Waals surface area contributed by atoms with E-state index in [2.05, 4.69) is 20.6 Å². The molecule has 0 bridgehead atoms. The average Bonchev–Trinajstić information content (AvgIpc) is 3.26. The van der Waals surface area contributed by atoms with Gasteiger partial charge in [0.1, 0.15) is 11.5 Å². The lowest BCUT2D eigenvalue weighted by Gasteiger charge is -2.19. The molecule has 1 N–H and O–H groups in total. The zero-order valence-corrected chi connectivity index (χ0v) is 13.9. The smallest absolute Gasteiger partial charge is 0.263 e. The van der Waals surface area contributed by atoms with E-state index in [4.69, 9.17) is 4.42 Å². The SMILES string of the molecule is Cc1ccc(-c2ccc(C(=O)N(C)CC(C)c3nn[nH]n3)s2)o1. The molecule has 3 aromatic heterocycles. The maximum atomic E-state index is 12.5. The van der Waals surface area contributed by atoms with E-state index in [1.54, 1.807) is 11.9 Å². The van der Waals surface area contributed by atoms with Crippen LogP contribution in [0.4, 0.5) is 0 Å². The number of likely N-dealkylation sites (N-methyl/N-ethyl adjacent to an activating group) is 1. The summed E-state index contributed by atoms with van der Waals surface area (Å²) >= 11 is 1.43. The molecule has 0 spiro atoms. The Hall–Kier alpha value is -2.48. The van der Waals surface area contributed by atoms with Crippen molar-refractivity contribution in [1.82, 2.24) is 25.5 Å². The predicted molar refractivity (Wildman–Crippen MR) is 86.3 cm³/mol. The van der Waals surface area contributed by atoms with Crippen LogP contribution in [-0.2, 0) is 0 Å². The molecular formula is C15H17N5O2S. The van der Waals surface area contributed by atoms with Crippen LogP contribution in [0.25, 0.3) is 10.6 Å². The molecule has 23 heavy (non-hydrogen) atoms. The number of amides is 1. The van der Waals surface area contributed by atoms with Gasteiger partial charge in [-0.1, -0.05) is 12.1 Å². The second-order valence-electron chi connectivity index (χ2n) is 5.43. The van der Waals surface area contributed by atoms with Gasteiger partial charge < -0.3 is 9.32 Å². The largest absolute Gasteiger partial charge is 0.461 e. The second-order valence-corrected chi connectivity index (χ2v) is 6.51. The number of hydrogen-bond donors (Lipinski definition) is 1. The molecule has 0 aromatic carbocycles. The van der Waals surface area contributed by atoms with Crippen LogP contribution in [0.15, 0.2) is 28.7 Å². The quantitative estimate of drug-likeness (QED) is 0.776. The molecule has 3 aromatic rings. The molecule has 8 heteroatoms. The molecule has 3 rings (SSSR count). The summed E-state index contributed by atoms with van der Waals surface area (Å²) in [5.41, 5.74) is 0. The van der Waals surface area contributed by atoms with Crippen molar-refractivity contribution >= 4 is 17.2 Å². The summed E-state index contributed by atoms with van der Waals surface area (Å²) < 4.78 is 5.60. The standard InChI is InChI=1S/C15H17N5O2S/c1-9(14-16-18-19-17-14)8-20(3)15(21)13-7-6-12(23-13)11-5-4-10(2)22-11/h4-7,9H,8H2,1-3H3,(H,16,17,18,19). The van der Waals surface area contributed by atoms with Crippen molar-refractivity contribution in [3.05, 3.63) is 40.7 Å². The van der Waals surface area contributed by atoms with Gasteiger partial charge in [0.25, 0.3) is 5.91 Å². The number of furan rings is 1. The van der Waals surface area contributed by atoms with E-state index in [1.807, 2.05) is 38.1 Å². The highest BCUT2D eigenvalue weighted by Crippen LogP contribution is 2.30. The third kappa shape index (κ3) is 3.31. The van der Waals surface area contributed by atoms with Crippen LogP contribution in [0.1, 0.15) is 34.1 Å². The van der Waals surface area contributed by atoms with Crippen molar-refractivity contribution in [3.8, 4) is 10.6 Å². The van der Waals surface area contributed by atoms with Crippen molar-refractivity contribution in [2.45, 2.75) is 19.8 Å². The monoisotopic (exact) mass is 331 g/mol. The van der Waals surface area contributed by atoms with E-state index < -0.39 is 0 Å². The maximum absolute atomic E-state index is 12.5. The first-order chi connectivity index (χ1) is 11.0. The molecule has 1 atom stereocenters. The van der Waals surface area contributed by atoms with E-state index in [0.717, 1.165) is 16.4 Å². The summed E-state index contributed by atoms with van der Waals surface area (Å²) in [5, 5.41) is 13.9. The summed E-state index contributed by atoms with van der Waals surface area (Å²) in [6.07, 6.45) is 0. The van der Waals surface area contributed by atoms with Crippen molar-refractivity contribution in [2.24, 2.45) is 0 Å². The van der Waals surface area contributed by atoms with Crippen molar-refractivity contribution < 1.29 is 9.21 Å². The number of carbonyl (C=O) groups is 1. The van der Waals surface area contributed by atoms with E-state index in [1.165, 1.54) is 11.3 Å². The van der Waals surface area contributed by atoms with Crippen molar-refractivity contribution in [1.29, 1.82) is 0 Å². The van der Waals surface area contributed by atoms with Crippen LogP contribution in [0.3, 0.4) is 0 Å². The van der Waals surface area contributed by atoms with Gasteiger partial charge >= 0.3 is 0 Å². The number of aryl methyl sites for hydroxylation is 1. The van der Waals surface area contributed by atoms with Crippen LogP contribution in [0, 0.1) is 6.92 Å². The minimum Gasteiger partial charge on any atom is -0.461 e. The lowest BCUT2D eigenvalue weighted by molar-refractivity contribution is 0.0792. The summed E-state index contributed by atoms with van der Waals surface area (Å²) in [4.78, 5) is 15.8. The Labute approximate surface area is 137 Å². The predicted octanol–water partition coefficient (Wildman–Crippen LogP) is 2.71. The van der Waals surface area contributed by atoms with E-state index in [0.29, 0.717) is 17.2 Å². The lowest BCUT2D eigenvalue weighted by atomic mass is 10.1. The number of tetrazole rings is 1. The Kier molecular flexibility index (Phi) is 4.24. The number of thiophene rings is 1. The van der Waals surface area contributed by atoms with Crippen LogP contribution >= 0.6 is 11.3 Å². The highest BCUT2D eigenvalue weighted by molar-refractivity contribution is 7.17. The molecule has 7 nitrogen and oxygen atoms in total. The molecule has 0 saturated heterocycles. The number of nitrogens with zero attached hydrogens (tertiary/aromatic N) is 4. The Morgan fingerprint density at radius 3 is 2.87 bits per heavy atom. The minimum atomic E-state index is -0.0279. The Bertz CT molecular complexity index is 793. The molecule has 1 amide bonds. The fourth-order valence-electron chi connectivity index (χ4n) is 2.29. The fourth-order valence-corrected chi connectivity index (χ4v) is 3.26. The Morgan fingerprint density at radius 2 is 2.22 bits per heavy atom. The molecule has 3 heterocycles. The molecule has 120 valence electrons. The van der Waals surface area contributed by atoms with Gasteiger partial charge in [-0.25, -0.2) is 0 Å². The lowest BCUT2D eigenvalue weighted by Crippen LogP contribution is -2.30. The van der Waals surface area contributed by atoms with E-state index >= 15 is 0 Å². The number of H-pyrrole nitrogens is 1. The molecule has 0 aliphatic carbocycles. The van der Waals surface area contributed by atoms with Gasteiger partial charge in [0.15, 0.2) is 5.82 Å². The molecule has 0 saturated carbocycles. The fraction of sp³-hybridized carbons (Fsp3) is 0.333. The summed E-state index contributed by atoms with van der Waals surface area (Å²) in [7, 11) is 1.77. The van der Waals surface area contributed by atoms with Crippen molar-refractivity contribution in [2.75, 3.05) is 13.6 Å². The van der Waals surface area contributed by atoms with Crippen LogP contribution in [0.5, 0.6) is 0 Å². The molecule has 0 radical (unpaired) electrons. The zero-order valence-electron chi connectivity index (χ0n) is 13.1. The molecule has 0 fully saturated rings.